The molecule has 0 bridgehead atoms. The van der Waals surface area contributed by atoms with E-state index in [-0.39, 0.29) is 18.6 Å². The summed E-state index contributed by atoms with van der Waals surface area (Å²) in [6.07, 6.45) is 1.78. The van der Waals surface area contributed by atoms with Crippen LogP contribution in [0.5, 0.6) is 6.01 Å². The first-order valence-corrected chi connectivity index (χ1v) is 6.46. The minimum atomic E-state index is 0.0300. The maximum atomic E-state index is 9.08. The average Bonchev–Trinajstić information content (AvgIpc) is 2.44. The zero-order valence-electron chi connectivity index (χ0n) is 11.5. The summed E-state index contributed by atoms with van der Waals surface area (Å²) in [5, 5.41) is 9.08. The van der Waals surface area contributed by atoms with E-state index in [1.54, 1.807) is 0 Å². The molecule has 1 aromatic rings. The van der Waals surface area contributed by atoms with Crippen molar-refractivity contribution in [2.24, 2.45) is 5.84 Å². The number of nitrogens with one attached hydrogen (secondary N) is 1. The molecule has 1 heterocycles. The van der Waals surface area contributed by atoms with Gasteiger partial charge in [0.05, 0.1) is 13.2 Å². The second-order valence-corrected chi connectivity index (χ2v) is 3.95. The molecule has 0 amide bonds. The number of nitrogen functional groups attached to an aromatic ring is 1. The number of hydrogen-bond donors (Lipinski definition) is 3. The highest BCUT2D eigenvalue weighted by Gasteiger charge is 2.13. The second-order valence-electron chi connectivity index (χ2n) is 3.95. The summed E-state index contributed by atoms with van der Waals surface area (Å²) in [7, 11) is 0. The van der Waals surface area contributed by atoms with Crippen molar-refractivity contribution in [3.63, 3.8) is 0 Å². The molecule has 0 spiro atoms. The Morgan fingerprint density at radius 1 is 1.21 bits per heavy atom. The molecule has 0 unspecified atom stereocenters. The molecule has 4 N–H and O–H groups in total. The number of anilines is 2. The Morgan fingerprint density at radius 3 is 2.58 bits per heavy atom. The minimum Gasteiger partial charge on any atom is -0.463 e. The zero-order valence-corrected chi connectivity index (χ0v) is 11.5. The minimum absolute atomic E-state index is 0.0300. The number of rotatable bonds is 9. The van der Waals surface area contributed by atoms with Gasteiger partial charge in [-0.1, -0.05) is 13.8 Å². The lowest BCUT2D eigenvalue weighted by molar-refractivity contribution is 0.289. The van der Waals surface area contributed by atoms with Gasteiger partial charge < -0.3 is 14.7 Å². The normalized spacial score (nSPS) is 10.3. The van der Waals surface area contributed by atoms with Gasteiger partial charge in [-0.25, -0.2) is 5.84 Å². The number of aliphatic hydroxyl groups excluding tert-OH is 1. The largest absolute Gasteiger partial charge is 0.463 e. The highest BCUT2D eigenvalue weighted by molar-refractivity contribution is 5.37. The molecule has 108 valence electrons. The van der Waals surface area contributed by atoms with Crippen LogP contribution in [0.2, 0.25) is 0 Å². The maximum absolute atomic E-state index is 9.08. The number of ether oxygens (including phenoxy) is 1. The van der Waals surface area contributed by atoms with Crippen LogP contribution in [-0.4, -0.2) is 46.4 Å². The van der Waals surface area contributed by atoms with Crippen LogP contribution in [0.25, 0.3) is 0 Å². The molecule has 0 aliphatic rings. The lowest BCUT2D eigenvalue weighted by atomic mass is 10.4. The third-order valence-corrected chi connectivity index (χ3v) is 2.31. The van der Waals surface area contributed by atoms with Gasteiger partial charge in [0, 0.05) is 13.1 Å². The Balaban J connectivity index is 2.95. The summed E-state index contributed by atoms with van der Waals surface area (Å²) in [5.74, 6) is 6.03. The predicted octanol–water partition coefficient (Wildman–Crippen LogP) is 0.155. The van der Waals surface area contributed by atoms with E-state index in [1.165, 1.54) is 0 Å². The fraction of sp³-hybridized carbons (Fsp3) is 0.727. The Hall–Kier alpha value is -1.67. The van der Waals surface area contributed by atoms with Crippen LogP contribution in [0.3, 0.4) is 0 Å². The van der Waals surface area contributed by atoms with Crippen LogP contribution in [0.15, 0.2) is 0 Å². The molecule has 8 nitrogen and oxygen atoms in total. The molecule has 0 saturated heterocycles. The van der Waals surface area contributed by atoms with Crippen molar-refractivity contribution in [1.82, 2.24) is 15.0 Å². The van der Waals surface area contributed by atoms with Crippen LogP contribution < -0.4 is 20.9 Å². The number of nitrogens with two attached hydrogens (primary N) is 1. The predicted molar refractivity (Wildman–Crippen MR) is 73.0 cm³/mol. The van der Waals surface area contributed by atoms with E-state index in [9.17, 15) is 0 Å². The van der Waals surface area contributed by atoms with Crippen LogP contribution in [0.4, 0.5) is 11.9 Å². The number of hydrogen-bond acceptors (Lipinski definition) is 8. The molecule has 0 atom stereocenters. The highest BCUT2D eigenvalue weighted by atomic mass is 16.5. The summed E-state index contributed by atoms with van der Waals surface area (Å²) in [6, 6.07) is 0.235. The van der Waals surface area contributed by atoms with Crippen LogP contribution >= 0.6 is 0 Å². The van der Waals surface area contributed by atoms with Gasteiger partial charge in [0.1, 0.15) is 0 Å². The molecule has 0 saturated carbocycles. The van der Waals surface area contributed by atoms with Crippen molar-refractivity contribution in [3.05, 3.63) is 0 Å². The van der Waals surface area contributed by atoms with Crippen LogP contribution in [0.1, 0.15) is 26.7 Å². The van der Waals surface area contributed by atoms with Crippen LogP contribution in [0, 0.1) is 0 Å². The van der Waals surface area contributed by atoms with Gasteiger partial charge >= 0.3 is 6.01 Å². The number of aromatic nitrogens is 3. The highest BCUT2D eigenvalue weighted by Crippen LogP contribution is 2.14. The van der Waals surface area contributed by atoms with E-state index in [0.29, 0.717) is 19.1 Å². The third kappa shape index (κ3) is 4.84. The van der Waals surface area contributed by atoms with Crippen LogP contribution in [-0.2, 0) is 0 Å². The van der Waals surface area contributed by atoms with E-state index in [2.05, 4.69) is 20.4 Å². The van der Waals surface area contributed by atoms with E-state index in [0.717, 1.165) is 19.4 Å². The fourth-order valence-corrected chi connectivity index (χ4v) is 1.51. The Morgan fingerprint density at radius 2 is 2.00 bits per heavy atom. The molecular weight excluding hydrogens is 248 g/mol. The quantitative estimate of drug-likeness (QED) is 0.430. The molecule has 1 aromatic heterocycles. The molecular formula is C11H22N6O2. The van der Waals surface area contributed by atoms with Crippen molar-refractivity contribution in [3.8, 4) is 6.01 Å². The standard InChI is InChI=1S/C11H22N6O2/c1-3-5-17(6-7-18)10-13-9(16-12)14-11(15-10)19-8-4-2/h18H,3-8,12H2,1-2H3,(H,13,14,15,16). The Labute approximate surface area is 113 Å². The van der Waals surface area contributed by atoms with E-state index < -0.39 is 0 Å². The summed E-state index contributed by atoms with van der Waals surface area (Å²) in [5.41, 5.74) is 2.39. The number of hydrazine groups is 1. The van der Waals surface area contributed by atoms with Gasteiger partial charge in [0.25, 0.3) is 0 Å². The summed E-state index contributed by atoms with van der Waals surface area (Å²) < 4.78 is 5.40. The van der Waals surface area contributed by atoms with E-state index in [4.69, 9.17) is 15.7 Å². The second kappa shape index (κ2) is 8.44. The van der Waals surface area contributed by atoms with Crippen molar-refractivity contribution in [2.45, 2.75) is 26.7 Å². The third-order valence-electron chi connectivity index (χ3n) is 2.31. The molecule has 19 heavy (non-hydrogen) atoms. The monoisotopic (exact) mass is 270 g/mol. The topological polar surface area (TPSA) is 109 Å². The number of aliphatic hydroxyl groups is 1. The van der Waals surface area contributed by atoms with E-state index in [1.807, 2.05) is 18.7 Å². The molecule has 0 fully saturated rings. The van der Waals surface area contributed by atoms with Gasteiger partial charge in [-0.15, -0.1) is 0 Å². The van der Waals surface area contributed by atoms with Gasteiger partial charge in [0.15, 0.2) is 0 Å². The summed E-state index contributed by atoms with van der Waals surface area (Å²) in [4.78, 5) is 14.3. The molecule has 0 aliphatic carbocycles. The SMILES string of the molecule is CCCOc1nc(NN)nc(N(CCC)CCO)n1. The average molecular weight is 270 g/mol. The summed E-state index contributed by atoms with van der Waals surface area (Å²) in [6.45, 7) is 5.79. The lowest BCUT2D eigenvalue weighted by Gasteiger charge is -2.21. The van der Waals surface area contributed by atoms with E-state index >= 15 is 0 Å². The molecule has 8 heteroatoms. The first-order valence-electron chi connectivity index (χ1n) is 6.46. The fourth-order valence-electron chi connectivity index (χ4n) is 1.51. The van der Waals surface area contributed by atoms with Gasteiger partial charge in [-0.3, -0.25) is 5.43 Å². The van der Waals surface area contributed by atoms with Crippen molar-refractivity contribution in [2.75, 3.05) is 36.6 Å². The number of nitrogens with zero attached hydrogens (tertiary/aromatic N) is 4. The first kappa shape index (κ1) is 15.4. The van der Waals surface area contributed by atoms with Gasteiger partial charge in [-0.2, -0.15) is 15.0 Å². The van der Waals surface area contributed by atoms with Gasteiger partial charge in [0.2, 0.25) is 11.9 Å². The smallest absolute Gasteiger partial charge is 0.323 e. The van der Waals surface area contributed by atoms with Crippen molar-refractivity contribution < 1.29 is 9.84 Å². The molecule has 0 aromatic carbocycles. The van der Waals surface area contributed by atoms with Crippen molar-refractivity contribution >= 4 is 11.9 Å². The zero-order chi connectivity index (χ0) is 14.1. The van der Waals surface area contributed by atoms with Crippen molar-refractivity contribution in [1.29, 1.82) is 0 Å². The molecule has 0 aliphatic heterocycles. The maximum Gasteiger partial charge on any atom is 0.323 e. The Bertz CT molecular complexity index is 370. The summed E-state index contributed by atoms with van der Waals surface area (Å²) >= 11 is 0. The molecule has 1 rings (SSSR count). The first-order chi connectivity index (χ1) is 9.24. The lowest BCUT2D eigenvalue weighted by Crippen LogP contribution is -2.30. The van der Waals surface area contributed by atoms with Gasteiger partial charge in [-0.05, 0) is 12.8 Å². The Kier molecular flexibility index (Phi) is 6.83. The molecule has 0 radical (unpaired) electrons.